The lowest BCUT2D eigenvalue weighted by Crippen LogP contribution is -2.40. The molecule has 0 aliphatic rings. The van der Waals surface area contributed by atoms with Crippen molar-refractivity contribution in [3.63, 3.8) is 0 Å². The third-order valence-corrected chi connectivity index (χ3v) is 11.9. The van der Waals surface area contributed by atoms with Gasteiger partial charge in [-0.05, 0) is 58.7 Å². The summed E-state index contributed by atoms with van der Waals surface area (Å²) in [7, 11) is -4.25. The van der Waals surface area contributed by atoms with Crippen molar-refractivity contribution in [3.05, 3.63) is 0 Å². The van der Waals surface area contributed by atoms with E-state index in [1.807, 2.05) is 0 Å². The molecular weight excluding hydrogens is 276 g/mol. The Morgan fingerprint density at radius 1 is 0.889 bits per heavy atom. The largest absolute Gasteiger partial charge is 0.458 e. The summed E-state index contributed by atoms with van der Waals surface area (Å²) >= 11 is 0. The normalized spacial score (nSPS) is 13.3. The molecular formula is C12H32O3Si3. The van der Waals surface area contributed by atoms with E-state index < -0.39 is 25.9 Å². The maximum atomic E-state index is 6.18. The highest BCUT2D eigenvalue weighted by molar-refractivity contribution is 6.77. The Morgan fingerprint density at radius 3 is 1.78 bits per heavy atom. The van der Waals surface area contributed by atoms with Crippen LogP contribution in [0.15, 0.2) is 0 Å². The van der Waals surface area contributed by atoms with Crippen LogP contribution in [0.3, 0.4) is 0 Å². The number of hydrogen-bond donors (Lipinski definition) is 0. The van der Waals surface area contributed by atoms with E-state index in [1.165, 1.54) is 12.5 Å². The second-order valence-corrected chi connectivity index (χ2v) is 16.2. The van der Waals surface area contributed by atoms with Crippen molar-refractivity contribution in [3.8, 4) is 0 Å². The van der Waals surface area contributed by atoms with Crippen molar-refractivity contribution in [2.24, 2.45) is 0 Å². The maximum Gasteiger partial charge on any atom is 0.334 e. The van der Waals surface area contributed by atoms with Gasteiger partial charge in [0.05, 0.1) is 0 Å². The maximum absolute atomic E-state index is 6.18. The molecule has 0 rings (SSSR count). The molecule has 0 fully saturated rings. The van der Waals surface area contributed by atoms with Crippen molar-refractivity contribution in [1.29, 1.82) is 0 Å². The quantitative estimate of drug-likeness (QED) is 0.576. The summed E-state index contributed by atoms with van der Waals surface area (Å²) in [5.41, 5.74) is 0. The predicted molar refractivity (Wildman–Crippen MR) is 86.5 cm³/mol. The Hall–Kier alpha value is 0.531. The lowest BCUT2D eigenvalue weighted by atomic mass is 10.6. The smallest absolute Gasteiger partial charge is 0.334 e. The van der Waals surface area contributed by atoms with Crippen LogP contribution in [-0.2, 0) is 13.0 Å². The Bertz CT molecular complexity index is 217. The topological polar surface area (TPSA) is 27.7 Å². The first-order valence-corrected chi connectivity index (χ1v) is 15.6. The van der Waals surface area contributed by atoms with Gasteiger partial charge in [-0.3, -0.25) is 0 Å². The lowest BCUT2D eigenvalue weighted by molar-refractivity contribution is 0.188. The zero-order valence-corrected chi connectivity index (χ0v) is 16.5. The van der Waals surface area contributed by atoms with Crippen LogP contribution in [0.4, 0.5) is 0 Å². The highest BCUT2D eigenvalue weighted by atomic mass is 28.4. The molecule has 6 heteroatoms. The molecule has 110 valence electrons. The first-order valence-electron chi connectivity index (χ1n) is 7.20. The van der Waals surface area contributed by atoms with Crippen molar-refractivity contribution < 1.29 is 13.0 Å². The van der Waals surface area contributed by atoms with Crippen LogP contribution in [0.1, 0.15) is 20.3 Å². The molecule has 0 radical (unpaired) electrons. The second-order valence-electron chi connectivity index (χ2n) is 5.78. The summed E-state index contributed by atoms with van der Waals surface area (Å²) in [6, 6.07) is 2.31. The molecule has 0 amide bonds. The molecule has 0 aliphatic heterocycles. The average molecular weight is 309 g/mol. The third kappa shape index (κ3) is 8.60. The Kier molecular flexibility index (Phi) is 8.91. The van der Waals surface area contributed by atoms with Gasteiger partial charge in [0, 0.05) is 13.2 Å². The van der Waals surface area contributed by atoms with E-state index in [-0.39, 0.29) is 0 Å². The van der Waals surface area contributed by atoms with Crippen molar-refractivity contribution in [2.75, 3.05) is 13.2 Å². The molecule has 0 heterocycles. The standard InChI is InChI=1S/C12H32O3Si3/c1-8-13-18(7,14-9-2)12-10-11-17(5,6)15-16(3)4/h16H,8-12H2,1-7H3. The van der Waals surface area contributed by atoms with Gasteiger partial charge in [0.2, 0.25) is 0 Å². The summed E-state index contributed by atoms with van der Waals surface area (Å²) < 4.78 is 17.9. The van der Waals surface area contributed by atoms with Gasteiger partial charge >= 0.3 is 8.56 Å². The fourth-order valence-electron chi connectivity index (χ4n) is 2.33. The summed E-state index contributed by atoms with van der Waals surface area (Å²) in [4.78, 5) is 0. The van der Waals surface area contributed by atoms with E-state index in [0.717, 1.165) is 19.3 Å². The van der Waals surface area contributed by atoms with Gasteiger partial charge in [-0.25, -0.2) is 0 Å². The lowest BCUT2D eigenvalue weighted by Gasteiger charge is -2.29. The van der Waals surface area contributed by atoms with E-state index in [9.17, 15) is 0 Å². The van der Waals surface area contributed by atoms with Gasteiger partial charge in [0.25, 0.3) is 0 Å². The average Bonchev–Trinajstić information content (AvgIpc) is 2.15. The molecule has 0 aromatic rings. The molecule has 0 N–H and O–H groups in total. The van der Waals surface area contributed by atoms with E-state index in [2.05, 4.69) is 46.6 Å². The second kappa shape index (κ2) is 8.65. The molecule has 0 aliphatic carbocycles. The highest BCUT2D eigenvalue weighted by Crippen LogP contribution is 2.22. The minimum atomic E-state index is -1.91. The first kappa shape index (κ1) is 18.5. The van der Waals surface area contributed by atoms with Crippen LogP contribution in [0.2, 0.25) is 44.8 Å². The molecule has 0 saturated carbocycles. The van der Waals surface area contributed by atoms with E-state index >= 15 is 0 Å². The molecule has 0 unspecified atom stereocenters. The van der Waals surface area contributed by atoms with Gasteiger partial charge in [0.1, 0.15) is 0 Å². The zero-order chi connectivity index (χ0) is 14.2. The molecule has 0 atom stereocenters. The van der Waals surface area contributed by atoms with Gasteiger partial charge in [-0.2, -0.15) is 0 Å². The third-order valence-electron chi connectivity index (χ3n) is 2.86. The fourth-order valence-corrected chi connectivity index (χ4v) is 11.7. The van der Waals surface area contributed by atoms with Gasteiger partial charge < -0.3 is 13.0 Å². The Morgan fingerprint density at radius 2 is 1.39 bits per heavy atom. The van der Waals surface area contributed by atoms with Gasteiger partial charge in [-0.15, -0.1) is 0 Å². The van der Waals surface area contributed by atoms with E-state index in [4.69, 9.17) is 13.0 Å². The summed E-state index contributed by atoms with van der Waals surface area (Å²) in [5, 5.41) is 0. The van der Waals surface area contributed by atoms with Gasteiger partial charge in [-0.1, -0.05) is 6.42 Å². The summed E-state index contributed by atoms with van der Waals surface area (Å²) in [6.45, 7) is 17.0. The Labute approximate surface area is 117 Å². The van der Waals surface area contributed by atoms with Crippen molar-refractivity contribution in [2.45, 2.75) is 65.1 Å². The molecule has 0 saturated heterocycles. The molecule has 3 nitrogen and oxygen atoms in total. The zero-order valence-electron chi connectivity index (χ0n) is 13.3. The van der Waals surface area contributed by atoms with E-state index in [0.29, 0.717) is 0 Å². The number of hydrogen-bond acceptors (Lipinski definition) is 3. The fraction of sp³-hybridized carbons (Fsp3) is 1.00. The molecule has 0 bridgehead atoms. The Balaban J connectivity index is 4.12. The van der Waals surface area contributed by atoms with Crippen LogP contribution in [0, 0.1) is 0 Å². The summed E-state index contributed by atoms with van der Waals surface area (Å²) in [6.07, 6.45) is 1.18. The van der Waals surface area contributed by atoms with Crippen LogP contribution in [-0.4, -0.2) is 39.1 Å². The number of rotatable bonds is 10. The van der Waals surface area contributed by atoms with Crippen molar-refractivity contribution >= 4 is 25.9 Å². The van der Waals surface area contributed by atoms with Crippen molar-refractivity contribution in [1.82, 2.24) is 0 Å². The minimum absolute atomic E-state index is 0.763. The monoisotopic (exact) mass is 308 g/mol. The minimum Gasteiger partial charge on any atom is -0.458 e. The molecule has 0 spiro atoms. The van der Waals surface area contributed by atoms with Crippen LogP contribution >= 0.6 is 0 Å². The molecule has 0 aromatic heterocycles. The summed E-state index contributed by atoms with van der Waals surface area (Å²) in [5.74, 6) is 0. The molecule has 18 heavy (non-hydrogen) atoms. The van der Waals surface area contributed by atoms with Crippen LogP contribution in [0.5, 0.6) is 0 Å². The van der Waals surface area contributed by atoms with E-state index in [1.54, 1.807) is 0 Å². The van der Waals surface area contributed by atoms with Gasteiger partial charge in [0.15, 0.2) is 17.4 Å². The predicted octanol–water partition coefficient (Wildman–Crippen LogP) is 3.73. The van der Waals surface area contributed by atoms with Crippen LogP contribution < -0.4 is 0 Å². The SMILES string of the molecule is CCO[Si](C)(CCC[Si](C)(C)O[SiH](C)C)OCC. The van der Waals surface area contributed by atoms with Crippen LogP contribution in [0.25, 0.3) is 0 Å². The highest BCUT2D eigenvalue weighted by Gasteiger charge is 2.32. The molecule has 0 aromatic carbocycles. The first-order chi connectivity index (χ1) is 8.24.